The third kappa shape index (κ3) is 4.37. The highest BCUT2D eigenvalue weighted by Gasteiger charge is 2.30. The lowest BCUT2D eigenvalue weighted by molar-refractivity contribution is 0.0698. The zero-order valence-electron chi connectivity index (χ0n) is 16.3. The van der Waals surface area contributed by atoms with E-state index < -0.39 is 10.0 Å². The maximum atomic E-state index is 13.0. The lowest BCUT2D eigenvalue weighted by Gasteiger charge is -2.34. The highest BCUT2D eigenvalue weighted by Crippen LogP contribution is 2.24. The van der Waals surface area contributed by atoms with Crippen LogP contribution in [-0.2, 0) is 10.0 Å². The molecule has 4 rings (SSSR count). The standard InChI is InChI=1S/C23H22N2O4S/c26-23(19-7-3-1-4-8-19)24-15-17-25(18-16-24)30(27,28)22-13-11-21(12-14-22)29-20-9-5-2-6-10-20/h1-14H,15-18H2. The quantitative estimate of drug-likeness (QED) is 0.630. The van der Waals surface area contributed by atoms with Crippen molar-refractivity contribution in [2.45, 2.75) is 4.90 Å². The number of carbonyl (C=O) groups excluding carboxylic acids is 1. The first kappa shape index (κ1) is 20.1. The molecule has 0 unspecified atom stereocenters. The summed E-state index contributed by atoms with van der Waals surface area (Å²) in [6.07, 6.45) is 0. The SMILES string of the molecule is O=C(c1ccccc1)N1CCN(S(=O)(=O)c2ccc(Oc3ccccc3)cc2)CC1. The van der Waals surface area contributed by atoms with Gasteiger partial charge >= 0.3 is 0 Å². The van der Waals surface area contributed by atoms with Crippen molar-refractivity contribution in [2.75, 3.05) is 26.2 Å². The molecular formula is C23H22N2O4S. The molecule has 0 saturated carbocycles. The van der Waals surface area contributed by atoms with Gasteiger partial charge in [0.25, 0.3) is 5.91 Å². The summed E-state index contributed by atoms with van der Waals surface area (Å²) in [7, 11) is -3.63. The number of ether oxygens (including phenoxy) is 1. The maximum Gasteiger partial charge on any atom is 0.253 e. The zero-order chi connectivity index (χ0) is 21.0. The van der Waals surface area contributed by atoms with E-state index in [-0.39, 0.29) is 23.9 Å². The molecule has 1 aliphatic heterocycles. The van der Waals surface area contributed by atoms with Crippen LogP contribution in [0.1, 0.15) is 10.4 Å². The van der Waals surface area contributed by atoms with Crippen molar-refractivity contribution in [1.82, 2.24) is 9.21 Å². The molecule has 3 aromatic carbocycles. The van der Waals surface area contributed by atoms with Gasteiger partial charge in [-0.1, -0.05) is 36.4 Å². The molecule has 0 bridgehead atoms. The second-order valence-electron chi connectivity index (χ2n) is 6.95. The van der Waals surface area contributed by atoms with E-state index in [2.05, 4.69) is 0 Å². The number of sulfonamides is 1. The van der Waals surface area contributed by atoms with Gasteiger partial charge in [0.15, 0.2) is 0 Å². The molecule has 30 heavy (non-hydrogen) atoms. The van der Waals surface area contributed by atoms with Crippen molar-refractivity contribution in [2.24, 2.45) is 0 Å². The van der Waals surface area contributed by atoms with Crippen LogP contribution in [0.4, 0.5) is 0 Å². The molecule has 1 aliphatic rings. The summed E-state index contributed by atoms with van der Waals surface area (Å²) in [5.41, 5.74) is 0.614. The highest BCUT2D eigenvalue weighted by molar-refractivity contribution is 7.89. The Morgan fingerprint density at radius 3 is 1.83 bits per heavy atom. The van der Waals surface area contributed by atoms with E-state index >= 15 is 0 Å². The number of hydrogen-bond acceptors (Lipinski definition) is 4. The maximum absolute atomic E-state index is 13.0. The van der Waals surface area contributed by atoms with Crippen LogP contribution in [0, 0.1) is 0 Å². The van der Waals surface area contributed by atoms with Gasteiger partial charge in [-0.25, -0.2) is 8.42 Å². The van der Waals surface area contributed by atoms with Gasteiger partial charge in [0, 0.05) is 31.7 Å². The first-order valence-electron chi connectivity index (χ1n) is 9.71. The fourth-order valence-corrected chi connectivity index (χ4v) is 4.77. The lowest BCUT2D eigenvalue weighted by Crippen LogP contribution is -2.50. The number of benzene rings is 3. The Bertz CT molecular complexity index is 1090. The van der Waals surface area contributed by atoms with E-state index in [0.717, 1.165) is 0 Å². The number of carbonyl (C=O) groups is 1. The molecule has 1 heterocycles. The number of hydrogen-bond donors (Lipinski definition) is 0. The van der Waals surface area contributed by atoms with E-state index in [9.17, 15) is 13.2 Å². The number of para-hydroxylation sites is 1. The van der Waals surface area contributed by atoms with Crippen LogP contribution in [0.25, 0.3) is 0 Å². The second-order valence-corrected chi connectivity index (χ2v) is 8.89. The fraction of sp³-hybridized carbons (Fsp3) is 0.174. The smallest absolute Gasteiger partial charge is 0.253 e. The summed E-state index contributed by atoms with van der Waals surface area (Å²) in [6, 6.07) is 24.7. The fourth-order valence-electron chi connectivity index (χ4n) is 3.35. The van der Waals surface area contributed by atoms with Gasteiger partial charge in [-0.3, -0.25) is 4.79 Å². The average molecular weight is 423 g/mol. The van der Waals surface area contributed by atoms with Crippen molar-refractivity contribution in [1.29, 1.82) is 0 Å². The van der Waals surface area contributed by atoms with E-state index in [0.29, 0.717) is 30.2 Å². The molecule has 0 aromatic heterocycles. The van der Waals surface area contributed by atoms with Crippen LogP contribution in [0.5, 0.6) is 11.5 Å². The minimum Gasteiger partial charge on any atom is -0.457 e. The molecular weight excluding hydrogens is 400 g/mol. The molecule has 1 saturated heterocycles. The van der Waals surface area contributed by atoms with Gasteiger partial charge in [0.2, 0.25) is 10.0 Å². The minimum absolute atomic E-state index is 0.0740. The number of amides is 1. The Morgan fingerprint density at radius 1 is 0.700 bits per heavy atom. The van der Waals surface area contributed by atoms with Crippen molar-refractivity contribution in [3.05, 3.63) is 90.5 Å². The third-order valence-corrected chi connectivity index (χ3v) is 6.90. The molecule has 0 aliphatic carbocycles. The summed E-state index contributed by atoms with van der Waals surface area (Å²) in [5, 5.41) is 0. The monoisotopic (exact) mass is 422 g/mol. The van der Waals surface area contributed by atoms with Gasteiger partial charge in [-0.05, 0) is 48.5 Å². The van der Waals surface area contributed by atoms with Crippen molar-refractivity contribution >= 4 is 15.9 Å². The Morgan fingerprint density at radius 2 is 1.23 bits per heavy atom. The van der Waals surface area contributed by atoms with E-state index in [4.69, 9.17) is 4.74 Å². The molecule has 0 N–H and O–H groups in total. The van der Waals surface area contributed by atoms with Crippen molar-refractivity contribution < 1.29 is 17.9 Å². The Balaban J connectivity index is 1.40. The first-order valence-corrected chi connectivity index (χ1v) is 11.2. The number of rotatable bonds is 5. The van der Waals surface area contributed by atoms with Gasteiger partial charge in [-0.2, -0.15) is 4.31 Å². The predicted molar refractivity (Wildman–Crippen MR) is 114 cm³/mol. The minimum atomic E-state index is -3.63. The number of piperazine rings is 1. The Kier molecular flexibility index (Phi) is 5.83. The molecule has 0 spiro atoms. The van der Waals surface area contributed by atoms with Crippen LogP contribution in [0.3, 0.4) is 0 Å². The van der Waals surface area contributed by atoms with Crippen LogP contribution in [0.15, 0.2) is 89.8 Å². The largest absolute Gasteiger partial charge is 0.457 e. The number of nitrogens with zero attached hydrogens (tertiary/aromatic N) is 2. The van der Waals surface area contributed by atoms with Gasteiger partial charge in [-0.15, -0.1) is 0 Å². The predicted octanol–water partition coefficient (Wildman–Crippen LogP) is 3.63. The van der Waals surface area contributed by atoms with Crippen LogP contribution < -0.4 is 4.74 Å². The summed E-state index contributed by atoms with van der Waals surface area (Å²) >= 11 is 0. The molecule has 3 aromatic rings. The van der Waals surface area contributed by atoms with Gasteiger partial charge in [0.1, 0.15) is 11.5 Å². The lowest BCUT2D eigenvalue weighted by atomic mass is 10.2. The highest BCUT2D eigenvalue weighted by atomic mass is 32.2. The van der Waals surface area contributed by atoms with E-state index in [1.54, 1.807) is 41.3 Å². The van der Waals surface area contributed by atoms with E-state index in [1.165, 1.54) is 4.31 Å². The van der Waals surface area contributed by atoms with Crippen LogP contribution in [-0.4, -0.2) is 49.7 Å². The van der Waals surface area contributed by atoms with Crippen LogP contribution >= 0.6 is 0 Å². The molecule has 0 radical (unpaired) electrons. The summed E-state index contributed by atoms with van der Waals surface area (Å²) in [5.74, 6) is 1.18. The summed E-state index contributed by atoms with van der Waals surface area (Å²) < 4.78 is 33.1. The van der Waals surface area contributed by atoms with Crippen molar-refractivity contribution in [3.8, 4) is 11.5 Å². The summed E-state index contributed by atoms with van der Waals surface area (Å²) in [4.78, 5) is 14.5. The van der Waals surface area contributed by atoms with Crippen molar-refractivity contribution in [3.63, 3.8) is 0 Å². The van der Waals surface area contributed by atoms with E-state index in [1.807, 2.05) is 48.5 Å². The molecule has 7 heteroatoms. The van der Waals surface area contributed by atoms with Gasteiger partial charge in [0.05, 0.1) is 4.90 Å². The van der Waals surface area contributed by atoms with Crippen LogP contribution in [0.2, 0.25) is 0 Å². The first-order chi connectivity index (χ1) is 14.5. The second kappa shape index (κ2) is 8.69. The van der Waals surface area contributed by atoms with Gasteiger partial charge < -0.3 is 9.64 Å². The molecule has 6 nitrogen and oxygen atoms in total. The Hall–Kier alpha value is -3.16. The topological polar surface area (TPSA) is 66.9 Å². The molecule has 154 valence electrons. The Labute approximate surface area is 176 Å². The molecule has 0 atom stereocenters. The molecule has 1 amide bonds. The third-order valence-electron chi connectivity index (χ3n) is 4.99. The zero-order valence-corrected chi connectivity index (χ0v) is 17.2. The normalized spacial score (nSPS) is 15.0. The summed E-state index contributed by atoms with van der Waals surface area (Å²) in [6.45, 7) is 1.26. The molecule has 1 fully saturated rings. The average Bonchev–Trinajstić information content (AvgIpc) is 2.80.